The molecule has 0 bridgehead atoms. The Hall–Kier alpha value is -0.870. The summed E-state index contributed by atoms with van der Waals surface area (Å²) in [5, 5.41) is 14.2. The van der Waals surface area contributed by atoms with Gasteiger partial charge in [-0.3, -0.25) is 4.79 Å². The number of hydrogen-bond donors (Lipinski definition) is 2. The van der Waals surface area contributed by atoms with Crippen molar-refractivity contribution in [2.75, 3.05) is 0 Å². The van der Waals surface area contributed by atoms with E-state index in [0.717, 1.165) is 7.14 Å². The minimum Gasteiger partial charge on any atom is -0.506 e. The van der Waals surface area contributed by atoms with Crippen molar-refractivity contribution in [2.45, 2.75) is 0 Å². The molecule has 0 aliphatic heterocycles. The van der Waals surface area contributed by atoms with Gasteiger partial charge in [-0.1, -0.05) is 17.7 Å². The van der Waals surface area contributed by atoms with E-state index in [9.17, 15) is 9.90 Å². The van der Waals surface area contributed by atoms with Gasteiger partial charge in [-0.2, -0.15) is 5.10 Å². The summed E-state index contributed by atoms with van der Waals surface area (Å²) in [6.07, 6.45) is 1.40. The zero-order chi connectivity index (χ0) is 15.4. The van der Waals surface area contributed by atoms with Crippen LogP contribution < -0.4 is 5.43 Å². The van der Waals surface area contributed by atoms with Gasteiger partial charge in [-0.25, -0.2) is 5.43 Å². The first-order valence-corrected chi connectivity index (χ1v) is 8.28. The molecule has 0 atom stereocenters. The molecule has 108 valence electrons. The van der Waals surface area contributed by atoms with E-state index in [1.54, 1.807) is 30.3 Å². The molecule has 0 aliphatic carbocycles. The number of hydrazone groups is 1. The molecule has 0 radical (unpaired) electrons. The molecule has 0 unspecified atom stereocenters. The summed E-state index contributed by atoms with van der Waals surface area (Å²) in [6, 6.07) is 10.2. The molecule has 2 rings (SSSR count). The first-order chi connectivity index (χ1) is 9.97. The molecule has 21 heavy (non-hydrogen) atoms. The van der Waals surface area contributed by atoms with Crippen LogP contribution in [0.5, 0.6) is 5.75 Å². The van der Waals surface area contributed by atoms with Gasteiger partial charge < -0.3 is 5.11 Å². The molecule has 7 heteroatoms. The van der Waals surface area contributed by atoms with Gasteiger partial charge in [-0.15, -0.1) is 0 Å². The van der Waals surface area contributed by atoms with Crippen molar-refractivity contribution in [1.29, 1.82) is 0 Å². The highest BCUT2D eigenvalue weighted by Gasteiger charge is 2.06. The number of nitrogens with zero attached hydrogens (tertiary/aromatic N) is 1. The Bertz CT molecular complexity index is 720. The predicted molar refractivity (Wildman–Crippen MR) is 100 cm³/mol. The highest BCUT2D eigenvalue weighted by molar-refractivity contribution is 14.1. The van der Waals surface area contributed by atoms with Crippen molar-refractivity contribution in [3.05, 3.63) is 59.7 Å². The van der Waals surface area contributed by atoms with Crippen LogP contribution in [0.15, 0.2) is 41.5 Å². The van der Waals surface area contributed by atoms with Crippen LogP contribution >= 0.6 is 56.8 Å². The van der Waals surface area contributed by atoms with E-state index in [-0.39, 0.29) is 11.7 Å². The molecular formula is C14H9ClI2N2O2. The average Bonchev–Trinajstić information content (AvgIpc) is 2.43. The van der Waals surface area contributed by atoms with Gasteiger partial charge in [0, 0.05) is 19.7 Å². The van der Waals surface area contributed by atoms with Crippen molar-refractivity contribution < 1.29 is 9.90 Å². The summed E-state index contributed by atoms with van der Waals surface area (Å²) in [4.78, 5) is 11.9. The van der Waals surface area contributed by atoms with E-state index >= 15 is 0 Å². The molecule has 2 N–H and O–H groups in total. The van der Waals surface area contributed by atoms with Crippen LogP contribution in [0.2, 0.25) is 5.02 Å². The lowest BCUT2D eigenvalue weighted by atomic mass is 10.2. The van der Waals surface area contributed by atoms with Crippen LogP contribution in [0.3, 0.4) is 0 Å². The molecule has 0 saturated carbocycles. The summed E-state index contributed by atoms with van der Waals surface area (Å²) >= 11 is 10.0. The Kier molecular flexibility index (Phi) is 5.82. The predicted octanol–water partition coefficient (Wildman–Crippen LogP) is 4.02. The lowest BCUT2D eigenvalue weighted by molar-refractivity contribution is 0.0955. The molecule has 0 heterocycles. The summed E-state index contributed by atoms with van der Waals surface area (Å²) in [7, 11) is 0. The van der Waals surface area contributed by atoms with E-state index < -0.39 is 0 Å². The van der Waals surface area contributed by atoms with Gasteiger partial charge in [-0.05, 0) is 75.5 Å². The van der Waals surface area contributed by atoms with Gasteiger partial charge in [0.05, 0.1) is 9.78 Å². The lowest BCUT2D eigenvalue weighted by Gasteiger charge is -2.03. The van der Waals surface area contributed by atoms with Crippen LogP contribution in [-0.2, 0) is 0 Å². The smallest absolute Gasteiger partial charge is 0.271 e. The number of hydrogen-bond acceptors (Lipinski definition) is 3. The molecule has 1 amide bonds. The zero-order valence-corrected chi connectivity index (χ0v) is 15.5. The van der Waals surface area contributed by atoms with E-state index in [0.29, 0.717) is 16.1 Å². The van der Waals surface area contributed by atoms with E-state index in [2.05, 4.69) is 33.1 Å². The van der Waals surface area contributed by atoms with E-state index in [1.165, 1.54) is 6.21 Å². The third-order valence-corrected chi connectivity index (χ3v) is 4.19. The topological polar surface area (TPSA) is 61.7 Å². The van der Waals surface area contributed by atoms with Crippen molar-refractivity contribution in [1.82, 2.24) is 5.43 Å². The maximum atomic E-state index is 11.9. The monoisotopic (exact) mass is 526 g/mol. The number of nitrogens with one attached hydrogen (secondary N) is 1. The first kappa shape index (κ1) is 16.5. The maximum Gasteiger partial charge on any atom is 0.271 e. The second-order valence-corrected chi connectivity index (χ2v) is 6.88. The summed E-state index contributed by atoms with van der Waals surface area (Å²) in [6.45, 7) is 0. The number of phenolic OH excluding ortho intramolecular Hbond substituents is 1. The van der Waals surface area contributed by atoms with Gasteiger partial charge >= 0.3 is 0 Å². The quantitative estimate of drug-likeness (QED) is 0.361. The number of carbonyl (C=O) groups is 1. The fourth-order valence-electron chi connectivity index (χ4n) is 1.54. The molecular weight excluding hydrogens is 517 g/mol. The van der Waals surface area contributed by atoms with Gasteiger partial charge in [0.2, 0.25) is 0 Å². The molecule has 2 aromatic carbocycles. The highest BCUT2D eigenvalue weighted by Crippen LogP contribution is 2.25. The fraction of sp³-hybridized carbons (Fsp3) is 0. The number of rotatable bonds is 3. The molecule has 0 spiro atoms. The third-order valence-electron chi connectivity index (χ3n) is 2.51. The van der Waals surface area contributed by atoms with Crippen molar-refractivity contribution in [2.24, 2.45) is 5.10 Å². The van der Waals surface area contributed by atoms with Crippen LogP contribution in [-0.4, -0.2) is 17.2 Å². The molecule has 0 saturated heterocycles. The molecule has 4 nitrogen and oxygen atoms in total. The fourth-order valence-corrected chi connectivity index (χ4v) is 3.62. The Morgan fingerprint density at radius 3 is 2.76 bits per heavy atom. The van der Waals surface area contributed by atoms with Gasteiger partial charge in [0.1, 0.15) is 5.75 Å². The minimum absolute atomic E-state index is 0.136. The van der Waals surface area contributed by atoms with E-state index in [1.807, 2.05) is 28.7 Å². The number of phenols is 1. The van der Waals surface area contributed by atoms with E-state index in [4.69, 9.17) is 11.6 Å². The number of carbonyl (C=O) groups excluding carboxylic acids is 1. The van der Waals surface area contributed by atoms with Crippen molar-refractivity contribution in [3.63, 3.8) is 0 Å². The highest BCUT2D eigenvalue weighted by atomic mass is 127. The molecule has 0 fully saturated rings. The normalized spacial score (nSPS) is 10.8. The first-order valence-electron chi connectivity index (χ1n) is 5.74. The van der Waals surface area contributed by atoms with Crippen molar-refractivity contribution >= 4 is 68.9 Å². The standard InChI is InChI=1S/C14H9ClI2N2O2/c15-10-3-1-2-8(4-10)14(21)19-18-7-9-5-11(16)6-12(17)13(9)20/h1-7,20H,(H,19,21)/b18-7+. The van der Waals surface area contributed by atoms with Crippen molar-refractivity contribution in [3.8, 4) is 5.75 Å². The van der Waals surface area contributed by atoms with Gasteiger partial charge in [0.15, 0.2) is 0 Å². The second-order valence-electron chi connectivity index (χ2n) is 4.03. The number of halogens is 3. The van der Waals surface area contributed by atoms with Crippen LogP contribution in [0.4, 0.5) is 0 Å². The maximum absolute atomic E-state index is 11.9. The Balaban J connectivity index is 2.11. The Labute approximate surface area is 153 Å². The minimum atomic E-state index is -0.367. The number of amides is 1. The average molecular weight is 526 g/mol. The molecule has 0 aromatic heterocycles. The van der Waals surface area contributed by atoms with Crippen LogP contribution in [0.1, 0.15) is 15.9 Å². The Morgan fingerprint density at radius 2 is 2.05 bits per heavy atom. The zero-order valence-electron chi connectivity index (χ0n) is 10.5. The number of benzene rings is 2. The third kappa shape index (κ3) is 4.55. The SMILES string of the molecule is O=C(N/N=C/c1cc(I)cc(I)c1O)c1cccc(Cl)c1. The summed E-state index contributed by atoms with van der Waals surface area (Å²) < 4.78 is 1.69. The summed E-state index contributed by atoms with van der Waals surface area (Å²) in [5.41, 5.74) is 3.35. The number of aromatic hydroxyl groups is 1. The van der Waals surface area contributed by atoms with Crippen LogP contribution in [0, 0.1) is 7.14 Å². The molecule has 0 aliphatic rings. The molecule has 2 aromatic rings. The lowest BCUT2D eigenvalue weighted by Crippen LogP contribution is -2.17. The van der Waals surface area contributed by atoms with Gasteiger partial charge in [0.25, 0.3) is 5.91 Å². The second kappa shape index (κ2) is 7.41. The largest absolute Gasteiger partial charge is 0.506 e. The summed E-state index contributed by atoms with van der Waals surface area (Å²) in [5.74, 6) is -0.231. The van der Waals surface area contributed by atoms with Crippen LogP contribution in [0.25, 0.3) is 0 Å². The Morgan fingerprint density at radius 1 is 1.29 bits per heavy atom.